The Bertz CT molecular complexity index is 961. The third kappa shape index (κ3) is 4.32. The molecule has 0 aliphatic heterocycles. The van der Waals surface area contributed by atoms with Crippen LogP contribution in [0.4, 0.5) is 0 Å². The van der Waals surface area contributed by atoms with Crippen LogP contribution in [0.25, 0.3) is 0 Å². The zero-order chi connectivity index (χ0) is 25.2. The SMILES string of the molecule is COc1ccc(OC)c(C2CC([Si](C(C)C)(C(C)C)C(C)C)Cc3c(OC)ccc(OC)c32)c1. The molecular formula is C29H44O4Si. The highest BCUT2D eigenvalue weighted by Crippen LogP contribution is 2.59. The molecule has 2 atom stereocenters. The molecule has 0 amide bonds. The monoisotopic (exact) mass is 484 g/mol. The van der Waals surface area contributed by atoms with E-state index >= 15 is 0 Å². The van der Waals surface area contributed by atoms with E-state index in [-0.39, 0.29) is 5.92 Å². The number of hydrogen-bond donors (Lipinski definition) is 0. The predicted molar refractivity (Wildman–Crippen MR) is 144 cm³/mol. The van der Waals surface area contributed by atoms with E-state index in [0.717, 1.165) is 35.8 Å². The van der Waals surface area contributed by atoms with Crippen LogP contribution in [-0.4, -0.2) is 36.5 Å². The summed E-state index contributed by atoms with van der Waals surface area (Å²) in [5, 5.41) is 0. The van der Waals surface area contributed by atoms with Gasteiger partial charge in [0.15, 0.2) is 0 Å². The molecule has 0 bridgehead atoms. The van der Waals surface area contributed by atoms with Gasteiger partial charge in [-0.1, -0.05) is 58.2 Å². The minimum absolute atomic E-state index is 0.145. The van der Waals surface area contributed by atoms with Gasteiger partial charge in [0.1, 0.15) is 23.0 Å². The van der Waals surface area contributed by atoms with Crippen molar-refractivity contribution in [3.63, 3.8) is 0 Å². The van der Waals surface area contributed by atoms with Crippen LogP contribution in [0.3, 0.4) is 0 Å². The van der Waals surface area contributed by atoms with E-state index in [4.69, 9.17) is 18.9 Å². The van der Waals surface area contributed by atoms with Gasteiger partial charge in [-0.25, -0.2) is 0 Å². The number of methoxy groups -OCH3 is 4. The first kappa shape index (κ1) is 26.5. The molecule has 2 aromatic rings. The lowest BCUT2D eigenvalue weighted by atomic mass is 9.77. The highest BCUT2D eigenvalue weighted by molar-refractivity contribution is 6.84. The van der Waals surface area contributed by atoms with Gasteiger partial charge in [0.05, 0.1) is 36.5 Å². The predicted octanol–water partition coefficient (Wildman–Crippen LogP) is 7.85. The summed E-state index contributed by atoms with van der Waals surface area (Å²) in [5.41, 5.74) is 6.37. The summed E-state index contributed by atoms with van der Waals surface area (Å²) in [6.45, 7) is 14.8. The molecule has 2 aromatic carbocycles. The van der Waals surface area contributed by atoms with E-state index in [2.05, 4.69) is 59.7 Å². The first-order valence-corrected chi connectivity index (χ1v) is 14.9. The molecule has 0 saturated heterocycles. The van der Waals surface area contributed by atoms with Gasteiger partial charge >= 0.3 is 0 Å². The van der Waals surface area contributed by atoms with E-state index in [1.165, 1.54) is 16.7 Å². The van der Waals surface area contributed by atoms with Gasteiger partial charge in [-0.15, -0.1) is 0 Å². The lowest BCUT2D eigenvalue weighted by Gasteiger charge is -2.52. The Morgan fingerprint density at radius 1 is 0.706 bits per heavy atom. The second-order valence-electron chi connectivity index (χ2n) is 10.6. The second-order valence-corrected chi connectivity index (χ2v) is 16.9. The Labute approximate surface area is 208 Å². The first-order chi connectivity index (χ1) is 16.2. The zero-order valence-corrected chi connectivity index (χ0v) is 23.8. The molecule has 1 aliphatic rings. The average Bonchev–Trinajstić information content (AvgIpc) is 2.81. The molecule has 3 rings (SSSR count). The summed E-state index contributed by atoms with van der Waals surface area (Å²) in [6.07, 6.45) is 2.13. The number of fused-ring (bicyclic) bond motifs is 1. The van der Waals surface area contributed by atoms with E-state index in [1.807, 2.05) is 12.1 Å². The van der Waals surface area contributed by atoms with E-state index in [1.54, 1.807) is 28.4 Å². The lowest BCUT2D eigenvalue weighted by molar-refractivity contribution is 0.376. The van der Waals surface area contributed by atoms with Crippen LogP contribution in [0.15, 0.2) is 30.3 Å². The normalized spacial score (nSPS) is 18.3. The maximum Gasteiger partial charge on any atom is 0.123 e. The van der Waals surface area contributed by atoms with Gasteiger partial charge in [-0.05, 0) is 48.7 Å². The van der Waals surface area contributed by atoms with Crippen LogP contribution in [-0.2, 0) is 6.42 Å². The van der Waals surface area contributed by atoms with Crippen molar-refractivity contribution in [2.75, 3.05) is 28.4 Å². The largest absolute Gasteiger partial charge is 0.497 e. The maximum atomic E-state index is 5.94. The number of hydrogen-bond acceptors (Lipinski definition) is 4. The van der Waals surface area contributed by atoms with Crippen LogP contribution in [0, 0.1) is 0 Å². The zero-order valence-electron chi connectivity index (χ0n) is 22.8. The van der Waals surface area contributed by atoms with Crippen molar-refractivity contribution in [2.24, 2.45) is 0 Å². The third-order valence-electron chi connectivity index (χ3n) is 8.55. The minimum Gasteiger partial charge on any atom is -0.497 e. The Morgan fingerprint density at radius 2 is 1.24 bits per heavy atom. The summed E-state index contributed by atoms with van der Waals surface area (Å²) < 4.78 is 23.4. The fourth-order valence-electron chi connectivity index (χ4n) is 7.51. The summed E-state index contributed by atoms with van der Waals surface area (Å²) >= 11 is 0. The first-order valence-electron chi connectivity index (χ1n) is 12.6. The van der Waals surface area contributed by atoms with E-state index < -0.39 is 8.07 Å². The van der Waals surface area contributed by atoms with Crippen molar-refractivity contribution in [1.82, 2.24) is 0 Å². The molecule has 0 aromatic heterocycles. The molecule has 5 heteroatoms. The molecule has 0 fully saturated rings. The maximum absolute atomic E-state index is 5.94. The minimum atomic E-state index is -1.75. The summed E-state index contributed by atoms with van der Waals surface area (Å²) in [5.74, 6) is 3.78. The number of ether oxygens (including phenoxy) is 4. The molecule has 1 aliphatic carbocycles. The third-order valence-corrected chi connectivity index (χ3v) is 16.4. The summed E-state index contributed by atoms with van der Waals surface area (Å²) in [4.78, 5) is 0. The molecule has 2 unspecified atom stereocenters. The van der Waals surface area contributed by atoms with Crippen molar-refractivity contribution >= 4 is 8.07 Å². The standard InChI is InChI=1S/C29H44O4Si/c1-18(2)34(19(3)4,20(5)6)22-16-24(23-15-21(30-7)11-12-26(23)31-8)29-25(17-22)27(32-9)13-14-28(29)33-10/h11-15,18-20,22,24H,16-17H2,1-10H3. The van der Waals surface area contributed by atoms with Crippen molar-refractivity contribution in [3.05, 3.63) is 47.0 Å². The van der Waals surface area contributed by atoms with Crippen LogP contribution >= 0.6 is 0 Å². The van der Waals surface area contributed by atoms with Crippen molar-refractivity contribution < 1.29 is 18.9 Å². The average molecular weight is 485 g/mol. The molecule has 188 valence electrons. The molecule has 0 heterocycles. The Hall–Kier alpha value is -2.14. The Kier molecular flexibility index (Phi) is 8.28. The summed E-state index contributed by atoms with van der Waals surface area (Å²) in [6, 6.07) is 10.3. The van der Waals surface area contributed by atoms with Gasteiger partial charge < -0.3 is 18.9 Å². The van der Waals surface area contributed by atoms with Crippen LogP contribution in [0.5, 0.6) is 23.0 Å². The molecule has 0 N–H and O–H groups in total. The lowest BCUT2D eigenvalue weighted by Crippen LogP contribution is -2.51. The molecule has 34 heavy (non-hydrogen) atoms. The highest BCUT2D eigenvalue weighted by atomic mass is 28.3. The highest BCUT2D eigenvalue weighted by Gasteiger charge is 2.51. The van der Waals surface area contributed by atoms with E-state index in [0.29, 0.717) is 22.2 Å². The molecule has 0 spiro atoms. The van der Waals surface area contributed by atoms with Gasteiger partial charge in [0.25, 0.3) is 0 Å². The topological polar surface area (TPSA) is 36.9 Å². The van der Waals surface area contributed by atoms with Crippen LogP contribution < -0.4 is 18.9 Å². The fourth-order valence-corrected chi connectivity index (χ4v) is 15.5. The van der Waals surface area contributed by atoms with Crippen LogP contribution in [0.2, 0.25) is 22.2 Å². The summed E-state index contributed by atoms with van der Waals surface area (Å²) in [7, 11) is 5.28. The van der Waals surface area contributed by atoms with E-state index in [9.17, 15) is 0 Å². The van der Waals surface area contributed by atoms with Crippen LogP contribution in [0.1, 0.15) is 70.6 Å². The Balaban J connectivity index is 2.34. The number of benzene rings is 2. The number of rotatable bonds is 9. The van der Waals surface area contributed by atoms with Crippen molar-refractivity contribution in [1.29, 1.82) is 0 Å². The van der Waals surface area contributed by atoms with Gasteiger partial charge in [0.2, 0.25) is 0 Å². The van der Waals surface area contributed by atoms with Gasteiger partial charge in [-0.2, -0.15) is 0 Å². The second kappa shape index (κ2) is 10.6. The fraction of sp³-hybridized carbons (Fsp3) is 0.586. The van der Waals surface area contributed by atoms with Gasteiger partial charge in [0, 0.05) is 22.6 Å². The molecule has 0 saturated carbocycles. The molecule has 0 radical (unpaired) electrons. The molecule has 4 nitrogen and oxygen atoms in total. The van der Waals surface area contributed by atoms with Crippen molar-refractivity contribution in [3.8, 4) is 23.0 Å². The Morgan fingerprint density at radius 3 is 1.74 bits per heavy atom. The molecular weight excluding hydrogens is 440 g/mol. The quantitative estimate of drug-likeness (QED) is 0.340. The van der Waals surface area contributed by atoms with Gasteiger partial charge in [-0.3, -0.25) is 0 Å². The van der Waals surface area contributed by atoms with Crippen molar-refractivity contribution in [2.45, 2.75) is 82.5 Å². The smallest absolute Gasteiger partial charge is 0.123 e.